The molecule has 2 amide bonds. The van der Waals surface area contributed by atoms with Gasteiger partial charge in [-0.05, 0) is 43.5 Å². The maximum absolute atomic E-state index is 12.5. The van der Waals surface area contributed by atoms with E-state index in [-0.39, 0.29) is 12.1 Å². The number of nitrogens with one attached hydrogen (secondary N) is 2. The zero-order chi connectivity index (χ0) is 17.5. The summed E-state index contributed by atoms with van der Waals surface area (Å²) in [6, 6.07) is 8.98. The van der Waals surface area contributed by atoms with E-state index < -0.39 is 0 Å². The number of nitriles is 1. The van der Waals surface area contributed by atoms with Crippen molar-refractivity contribution in [1.82, 2.24) is 20.4 Å². The number of amides is 2. The summed E-state index contributed by atoms with van der Waals surface area (Å²) in [5.41, 5.74) is 1.64. The fraction of sp³-hybridized carbons (Fsp3) is 0.389. The van der Waals surface area contributed by atoms with Gasteiger partial charge in [0.05, 0.1) is 30.4 Å². The molecule has 1 unspecified atom stereocenters. The molecule has 0 aliphatic carbocycles. The van der Waals surface area contributed by atoms with Crippen molar-refractivity contribution in [2.45, 2.75) is 25.3 Å². The fourth-order valence-corrected chi connectivity index (χ4v) is 3.02. The third-order valence-electron chi connectivity index (χ3n) is 4.30. The average Bonchev–Trinajstić information content (AvgIpc) is 3.20. The first-order valence-electron chi connectivity index (χ1n) is 8.44. The Morgan fingerprint density at radius 2 is 2.24 bits per heavy atom. The monoisotopic (exact) mass is 339 g/mol. The number of likely N-dealkylation sites (tertiary alicyclic amines) is 1. The predicted octanol–water partition coefficient (Wildman–Crippen LogP) is 2.60. The lowest BCUT2D eigenvalue weighted by Gasteiger charge is -2.35. The van der Waals surface area contributed by atoms with Crippen molar-refractivity contribution in [2.24, 2.45) is 0 Å². The molecule has 0 saturated carbocycles. The van der Waals surface area contributed by atoms with Crippen molar-refractivity contribution >= 4 is 6.03 Å². The van der Waals surface area contributed by atoms with Crippen LogP contribution in [0.15, 0.2) is 36.7 Å². The summed E-state index contributed by atoms with van der Waals surface area (Å²) in [4.78, 5) is 14.4. The predicted molar refractivity (Wildman–Crippen MR) is 91.9 cm³/mol. The summed E-state index contributed by atoms with van der Waals surface area (Å²) >= 11 is 0. The van der Waals surface area contributed by atoms with Crippen LogP contribution in [0.3, 0.4) is 0 Å². The molecule has 1 fully saturated rings. The topological polar surface area (TPSA) is 94.0 Å². The van der Waals surface area contributed by atoms with E-state index in [0.29, 0.717) is 24.5 Å². The van der Waals surface area contributed by atoms with E-state index >= 15 is 0 Å². The number of benzene rings is 1. The van der Waals surface area contributed by atoms with Crippen LogP contribution in [0.4, 0.5) is 4.79 Å². The van der Waals surface area contributed by atoms with Crippen LogP contribution in [-0.4, -0.2) is 40.8 Å². The Bertz CT molecular complexity index is 721. The summed E-state index contributed by atoms with van der Waals surface area (Å²) in [6.07, 6.45) is 6.72. The van der Waals surface area contributed by atoms with Crippen molar-refractivity contribution in [3.8, 4) is 11.8 Å². The number of rotatable bonds is 5. The van der Waals surface area contributed by atoms with Gasteiger partial charge in [-0.2, -0.15) is 10.4 Å². The van der Waals surface area contributed by atoms with Gasteiger partial charge in [-0.1, -0.05) is 0 Å². The van der Waals surface area contributed by atoms with E-state index in [2.05, 4.69) is 21.6 Å². The lowest BCUT2D eigenvalue weighted by Crippen LogP contribution is -2.45. The molecular formula is C18H21N5O2. The quantitative estimate of drug-likeness (QED) is 0.819. The number of aromatic amines is 1. The molecule has 0 bridgehead atoms. The molecule has 1 atom stereocenters. The molecule has 1 aliphatic rings. The van der Waals surface area contributed by atoms with Gasteiger partial charge >= 0.3 is 6.03 Å². The van der Waals surface area contributed by atoms with Crippen molar-refractivity contribution in [3.05, 3.63) is 47.8 Å². The Morgan fingerprint density at radius 3 is 2.96 bits per heavy atom. The number of carbonyl (C=O) groups excluding carboxylic acids is 1. The second kappa shape index (κ2) is 8.20. The first kappa shape index (κ1) is 16.8. The van der Waals surface area contributed by atoms with E-state index in [0.717, 1.165) is 31.4 Å². The number of piperidine rings is 1. The maximum atomic E-state index is 12.5. The molecule has 0 radical (unpaired) electrons. The summed E-state index contributed by atoms with van der Waals surface area (Å²) in [7, 11) is 0. The third kappa shape index (κ3) is 4.29. The molecule has 2 aromatic rings. The first-order chi connectivity index (χ1) is 12.3. The van der Waals surface area contributed by atoms with Gasteiger partial charge in [-0.3, -0.25) is 5.10 Å². The van der Waals surface area contributed by atoms with E-state index in [1.165, 1.54) is 0 Å². The fourth-order valence-electron chi connectivity index (χ4n) is 3.02. The third-order valence-corrected chi connectivity index (χ3v) is 4.30. The Labute approximate surface area is 146 Å². The number of nitrogens with zero attached hydrogens (tertiary/aromatic N) is 3. The average molecular weight is 339 g/mol. The van der Waals surface area contributed by atoms with Crippen LogP contribution in [0.1, 0.15) is 36.4 Å². The summed E-state index contributed by atoms with van der Waals surface area (Å²) < 4.78 is 5.58. The molecule has 7 nitrogen and oxygen atoms in total. The molecule has 0 spiro atoms. The van der Waals surface area contributed by atoms with E-state index in [1.807, 2.05) is 11.1 Å². The highest BCUT2D eigenvalue weighted by molar-refractivity contribution is 5.74. The SMILES string of the molecule is N#Cc1ccc(OCCNC(=O)N2CCCCC2c2cn[nH]c2)cc1. The number of urea groups is 1. The smallest absolute Gasteiger partial charge is 0.318 e. The second-order valence-electron chi connectivity index (χ2n) is 5.95. The molecular weight excluding hydrogens is 318 g/mol. The van der Waals surface area contributed by atoms with Crippen molar-refractivity contribution in [3.63, 3.8) is 0 Å². The van der Waals surface area contributed by atoms with Crippen molar-refractivity contribution in [1.29, 1.82) is 5.26 Å². The molecule has 2 N–H and O–H groups in total. The van der Waals surface area contributed by atoms with Crippen LogP contribution >= 0.6 is 0 Å². The van der Waals surface area contributed by atoms with E-state index in [1.54, 1.807) is 30.5 Å². The number of aromatic nitrogens is 2. The molecule has 130 valence electrons. The Morgan fingerprint density at radius 1 is 1.40 bits per heavy atom. The van der Waals surface area contributed by atoms with Crippen LogP contribution in [0, 0.1) is 11.3 Å². The first-order valence-corrected chi connectivity index (χ1v) is 8.44. The number of ether oxygens (including phenoxy) is 1. The summed E-state index contributed by atoms with van der Waals surface area (Å²) in [6.45, 7) is 1.55. The molecule has 3 rings (SSSR count). The van der Waals surface area contributed by atoms with Gasteiger partial charge in [0.2, 0.25) is 0 Å². The van der Waals surface area contributed by atoms with E-state index in [4.69, 9.17) is 10.00 Å². The van der Waals surface area contributed by atoms with Gasteiger partial charge in [-0.25, -0.2) is 4.79 Å². The Hall–Kier alpha value is -3.01. The number of H-pyrrole nitrogens is 1. The highest BCUT2D eigenvalue weighted by atomic mass is 16.5. The van der Waals surface area contributed by atoms with Crippen molar-refractivity contribution < 1.29 is 9.53 Å². The minimum atomic E-state index is -0.0747. The zero-order valence-electron chi connectivity index (χ0n) is 13.9. The Balaban J connectivity index is 1.47. The minimum absolute atomic E-state index is 0.0747. The molecule has 1 aromatic carbocycles. The van der Waals surface area contributed by atoms with Gasteiger partial charge in [0.25, 0.3) is 0 Å². The molecule has 1 aromatic heterocycles. The molecule has 25 heavy (non-hydrogen) atoms. The molecule has 7 heteroatoms. The standard InChI is InChI=1S/C18H21N5O2/c19-11-14-4-6-16(7-5-14)25-10-8-20-18(24)23-9-2-1-3-17(23)15-12-21-22-13-15/h4-7,12-13,17H,1-3,8-10H2,(H,20,24)(H,21,22). The van der Waals surface area contributed by atoms with Crippen LogP contribution in [0.2, 0.25) is 0 Å². The summed E-state index contributed by atoms with van der Waals surface area (Å²) in [5, 5.41) is 18.5. The number of carbonyl (C=O) groups is 1. The van der Waals surface area contributed by atoms with Gasteiger partial charge in [-0.15, -0.1) is 0 Å². The van der Waals surface area contributed by atoms with Gasteiger partial charge < -0.3 is 15.0 Å². The second-order valence-corrected chi connectivity index (χ2v) is 5.95. The number of hydrogen-bond donors (Lipinski definition) is 2. The van der Waals surface area contributed by atoms with Crippen LogP contribution in [0.25, 0.3) is 0 Å². The lowest BCUT2D eigenvalue weighted by atomic mass is 9.98. The van der Waals surface area contributed by atoms with Crippen LogP contribution in [-0.2, 0) is 0 Å². The highest BCUT2D eigenvalue weighted by Gasteiger charge is 2.28. The van der Waals surface area contributed by atoms with Gasteiger partial charge in [0.1, 0.15) is 12.4 Å². The largest absolute Gasteiger partial charge is 0.492 e. The maximum Gasteiger partial charge on any atom is 0.318 e. The van der Waals surface area contributed by atoms with Gasteiger partial charge in [0.15, 0.2) is 0 Å². The normalized spacial score (nSPS) is 16.9. The lowest BCUT2D eigenvalue weighted by molar-refractivity contribution is 0.150. The number of hydrogen-bond acceptors (Lipinski definition) is 4. The molecule has 1 aliphatic heterocycles. The highest BCUT2D eigenvalue weighted by Crippen LogP contribution is 2.30. The van der Waals surface area contributed by atoms with Gasteiger partial charge in [0, 0.05) is 18.3 Å². The van der Waals surface area contributed by atoms with Crippen LogP contribution < -0.4 is 10.1 Å². The Kier molecular flexibility index (Phi) is 5.52. The minimum Gasteiger partial charge on any atom is -0.492 e. The molecule has 1 saturated heterocycles. The van der Waals surface area contributed by atoms with Crippen LogP contribution in [0.5, 0.6) is 5.75 Å². The van der Waals surface area contributed by atoms with Crippen molar-refractivity contribution in [2.75, 3.05) is 19.7 Å². The summed E-state index contributed by atoms with van der Waals surface area (Å²) in [5.74, 6) is 0.683. The zero-order valence-corrected chi connectivity index (χ0v) is 13.9. The van der Waals surface area contributed by atoms with E-state index in [9.17, 15) is 4.79 Å². The molecule has 2 heterocycles.